The molecule has 1 aromatic heterocycles. The maximum atomic E-state index is 12.1. The number of carbonyl (C=O) groups is 2. The molecule has 1 aliphatic heterocycles. The number of hydrogen-bond donors (Lipinski definition) is 2. The molecular formula is C13H8BrClN2O3. The molecule has 3 rings (SSSR count). The fraction of sp³-hybridized carbons (Fsp3) is 0.0769. The minimum Gasteiger partial charge on any atom is -0.457 e. The van der Waals surface area contributed by atoms with Crippen LogP contribution in [0.3, 0.4) is 0 Å². The molecule has 0 saturated carbocycles. The van der Waals surface area contributed by atoms with Crippen molar-refractivity contribution in [1.82, 2.24) is 0 Å². The van der Waals surface area contributed by atoms with Crippen molar-refractivity contribution >= 4 is 50.7 Å². The molecule has 7 heteroatoms. The van der Waals surface area contributed by atoms with E-state index in [2.05, 4.69) is 26.6 Å². The van der Waals surface area contributed by atoms with Crippen LogP contribution in [0.5, 0.6) is 0 Å². The summed E-state index contributed by atoms with van der Waals surface area (Å²) < 4.78 is 5.36. The predicted octanol–water partition coefficient (Wildman–Crippen LogP) is 3.44. The van der Waals surface area contributed by atoms with Crippen LogP contribution in [0.25, 0.3) is 0 Å². The van der Waals surface area contributed by atoms with Crippen molar-refractivity contribution in [2.75, 3.05) is 10.6 Å². The highest BCUT2D eigenvalue weighted by atomic mass is 79.9. The second-order valence-electron chi connectivity index (χ2n) is 4.28. The average molecular weight is 356 g/mol. The lowest BCUT2D eigenvalue weighted by Crippen LogP contribution is -2.12. The molecule has 0 fully saturated rings. The van der Waals surface area contributed by atoms with E-state index < -0.39 is 0 Å². The summed E-state index contributed by atoms with van der Waals surface area (Å²) in [6, 6.07) is 4.87. The van der Waals surface area contributed by atoms with E-state index in [1.165, 1.54) is 6.26 Å². The Hall–Kier alpha value is -1.79. The van der Waals surface area contributed by atoms with Crippen molar-refractivity contribution in [3.63, 3.8) is 0 Å². The van der Waals surface area contributed by atoms with Crippen LogP contribution in [-0.2, 0) is 11.2 Å². The molecule has 0 bridgehead atoms. The topological polar surface area (TPSA) is 71.3 Å². The zero-order valence-electron chi connectivity index (χ0n) is 10.00. The van der Waals surface area contributed by atoms with Crippen molar-refractivity contribution in [1.29, 1.82) is 0 Å². The highest BCUT2D eigenvalue weighted by molar-refractivity contribution is 9.10. The summed E-state index contributed by atoms with van der Waals surface area (Å²) in [5.74, 6) is -0.429. The minimum absolute atomic E-state index is 0.0860. The first kappa shape index (κ1) is 13.2. The Morgan fingerprint density at radius 1 is 1.45 bits per heavy atom. The second-order valence-corrected chi connectivity index (χ2v) is 5.40. The van der Waals surface area contributed by atoms with E-state index in [4.69, 9.17) is 16.0 Å². The number of rotatable bonds is 2. The molecule has 0 atom stereocenters. The molecular weight excluding hydrogens is 348 g/mol. The van der Waals surface area contributed by atoms with E-state index in [-0.39, 0.29) is 18.2 Å². The molecule has 20 heavy (non-hydrogen) atoms. The summed E-state index contributed by atoms with van der Waals surface area (Å²) in [5, 5.41) is 5.75. The number of furan rings is 1. The Balaban J connectivity index is 1.89. The molecule has 0 aliphatic carbocycles. The van der Waals surface area contributed by atoms with Crippen molar-refractivity contribution in [3.8, 4) is 0 Å². The van der Waals surface area contributed by atoms with E-state index in [9.17, 15) is 9.59 Å². The Labute approximate surface area is 127 Å². The smallest absolute Gasteiger partial charge is 0.260 e. The lowest BCUT2D eigenvalue weighted by Gasteiger charge is -2.08. The molecule has 1 aromatic carbocycles. The quantitative estimate of drug-likeness (QED) is 0.867. The number of hydrogen-bond acceptors (Lipinski definition) is 3. The van der Waals surface area contributed by atoms with E-state index in [0.717, 1.165) is 5.56 Å². The number of nitrogens with one attached hydrogen (secondary N) is 2. The number of carbonyl (C=O) groups excluding carboxylic acids is 2. The standard InChI is InChI=1S/C13H8BrClN2O3/c14-12-7(1-2-20-12)13(19)17-10-3-6-4-11(18)16-9(6)5-8(10)15/h1-3,5H,4H2,(H,16,18)(H,17,19). The first-order valence-corrected chi connectivity index (χ1v) is 6.88. The normalized spacial score (nSPS) is 13.0. The van der Waals surface area contributed by atoms with Crippen LogP contribution in [0, 0.1) is 0 Å². The van der Waals surface area contributed by atoms with Crippen LogP contribution in [0.15, 0.2) is 33.5 Å². The Morgan fingerprint density at radius 2 is 2.25 bits per heavy atom. The van der Waals surface area contributed by atoms with Crippen molar-refractivity contribution < 1.29 is 14.0 Å². The molecule has 2 aromatic rings. The van der Waals surface area contributed by atoms with Crippen LogP contribution in [0.1, 0.15) is 15.9 Å². The molecule has 5 nitrogen and oxygen atoms in total. The Morgan fingerprint density at radius 3 is 2.95 bits per heavy atom. The maximum absolute atomic E-state index is 12.1. The largest absolute Gasteiger partial charge is 0.457 e. The van der Waals surface area contributed by atoms with Crippen LogP contribution >= 0.6 is 27.5 Å². The number of benzene rings is 1. The van der Waals surface area contributed by atoms with Crippen molar-refractivity contribution in [2.45, 2.75) is 6.42 Å². The van der Waals surface area contributed by atoms with Gasteiger partial charge in [-0.05, 0) is 39.7 Å². The summed E-state index contributed by atoms with van der Waals surface area (Å²) in [7, 11) is 0. The van der Waals surface area contributed by atoms with Crippen LogP contribution in [0.4, 0.5) is 11.4 Å². The van der Waals surface area contributed by atoms with Crippen molar-refractivity contribution in [2.24, 2.45) is 0 Å². The first-order valence-electron chi connectivity index (χ1n) is 5.71. The summed E-state index contributed by atoms with van der Waals surface area (Å²) in [6.07, 6.45) is 1.69. The summed E-state index contributed by atoms with van der Waals surface area (Å²) >= 11 is 9.24. The predicted molar refractivity (Wildman–Crippen MR) is 78.1 cm³/mol. The molecule has 1 aliphatic rings. The lowest BCUT2D eigenvalue weighted by molar-refractivity contribution is -0.115. The van der Waals surface area contributed by atoms with E-state index in [1.54, 1.807) is 18.2 Å². The molecule has 2 N–H and O–H groups in total. The van der Waals surface area contributed by atoms with E-state index in [0.29, 0.717) is 26.6 Å². The Bertz CT molecular complexity index is 726. The maximum Gasteiger partial charge on any atom is 0.260 e. The van der Waals surface area contributed by atoms with Crippen molar-refractivity contribution in [3.05, 3.63) is 45.3 Å². The fourth-order valence-electron chi connectivity index (χ4n) is 1.99. The molecule has 0 spiro atoms. The second kappa shape index (κ2) is 4.96. The van der Waals surface area contributed by atoms with Gasteiger partial charge in [-0.15, -0.1) is 0 Å². The molecule has 2 amide bonds. The van der Waals surface area contributed by atoms with Gasteiger partial charge in [-0.25, -0.2) is 0 Å². The zero-order chi connectivity index (χ0) is 14.3. The third kappa shape index (κ3) is 2.32. The third-order valence-corrected chi connectivity index (χ3v) is 3.86. The van der Waals surface area contributed by atoms with Gasteiger partial charge in [0.05, 0.1) is 29.0 Å². The van der Waals surface area contributed by atoms with Gasteiger partial charge in [-0.3, -0.25) is 9.59 Å². The zero-order valence-corrected chi connectivity index (χ0v) is 12.3. The van der Waals surface area contributed by atoms with Gasteiger partial charge in [-0.1, -0.05) is 11.6 Å². The van der Waals surface area contributed by atoms with Gasteiger partial charge in [-0.2, -0.15) is 0 Å². The monoisotopic (exact) mass is 354 g/mol. The number of anilines is 2. The lowest BCUT2D eigenvalue weighted by atomic mass is 10.1. The van der Waals surface area contributed by atoms with E-state index >= 15 is 0 Å². The van der Waals surface area contributed by atoms with Gasteiger partial charge in [0.2, 0.25) is 5.91 Å². The van der Waals surface area contributed by atoms with Crippen LogP contribution < -0.4 is 10.6 Å². The molecule has 2 heterocycles. The summed E-state index contributed by atoms with van der Waals surface area (Å²) in [4.78, 5) is 23.4. The fourth-order valence-corrected chi connectivity index (χ4v) is 2.62. The van der Waals surface area contributed by atoms with Gasteiger partial charge in [0.1, 0.15) is 0 Å². The molecule has 0 saturated heterocycles. The third-order valence-electron chi connectivity index (χ3n) is 2.93. The van der Waals surface area contributed by atoms with Crippen LogP contribution in [0.2, 0.25) is 5.02 Å². The summed E-state index contributed by atoms with van der Waals surface area (Å²) in [5.41, 5.74) is 2.32. The van der Waals surface area contributed by atoms with Crippen LogP contribution in [-0.4, -0.2) is 11.8 Å². The van der Waals surface area contributed by atoms with Gasteiger partial charge >= 0.3 is 0 Å². The SMILES string of the molecule is O=C1Cc2cc(NC(=O)c3ccoc3Br)c(Cl)cc2N1. The van der Waals surface area contributed by atoms with Gasteiger partial charge < -0.3 is 15.1 Å². The van der Waals surface area contributed by atoms with Gasteiger partial charge in [0.15, 0.2) is 4.67 Å². The number of amides is 2. The average Bonchev–Trinajstić information content (AvgIpc) is 2.94. The van der Waals surface area contributed by atoms with E-state index in [1.807, 2.05) is 0 Å². The Kier molecular flexibility index (Phi) is 3.27. The highest BCUT2D eigenvalue weighted by Gasteiger charge is 2.21. The number of fused-ring (bicyclic) bond motifs is 1. The molecule has 0 unspecified atom stereocenters. The van der Waals surface area contributed by atoms with Gasteiger partial charge in [0, 0.05) is 5.69 Å². The molecule has 102 valence electrons. The van der Waals surface area contributed by atoms with Gasteiger partial charge in [0.25, 0.3) is 5.91 Å². The highest BCUT2D eigenvalue weighted by Crippen LogP contribution is 2.33. The minimum atomic E-state index is -0.343. The summed E-state index contributed by atoms with van der Waals surface area (Å²) in [6.45, 7) is 0. The molecule has 0 radical (unpaired) electrons. The number of halogens is 2. The first-order chi connectivity index (χ1) is 9.54.